The van der Waals surface area contributed by atoms with Gasteiger partial charge in [0, 0.05) is 11.6 Å². The lowest BCUT2D eigenvalue weighted by atomic mass is 10.0. The number of hydrogen-bond donors (Lipinski definition) is 1. The van der Waals surface area contributed by atoms with Crippen LogP contribution in [-0.2, 0) is 6.42 Å². The lowest BCUT2D eigenvalue weighted by Crippen LogP contribution is -2.22. The van der Waals surface area contributed by atoms with Gasteiger partial charge in [0.25, 0.3) is 0 Å². The van der Waals surface area contributed by atoms with Gasteiger partial charge in [-0.25, -0.2) is 4.39 Å². The van der Waals surface area contributed by atoms with E-state index in [0.717, 1.165) is 17.7 Å². The highest BCUT2D eigenvalue weighted by molar-refractivity contribution is 7.20. The van der Waals surface area contributed by atoms with E-state index >= 15 is 0 Å². The van der Waals surface area contributed by atoms with Crippen molar-refractivity contribution in [1.82, 2.24) is 5.32 Å². The minimum Gasteiger partial charge on any atom is -0.494 e. The highest BCUT2D eigenvalue weighted by Crippen LogP contribution is 2.36. The van der Waals surface area contributed by atoms with E-state index in [1.165, 1.54) is 24.5 Å². The molecule has 1 aromatic heterocycles. The molecule has 6 heteroatoms. The van der Waals surface area contributed by atoms with Crippen molar-refractivity contribution in [2.24, 2.45) is 0 Å². The van der Waals surface area contributed by atoms with Gasteiger partial charge in [-0.05, 0) is 36.7 Å². The molecule has 0 spiro atoms. The number of methoxy groups -OCH3 is 1. The van der Waals surface area contributed by atoms with Gasteiger partial charge in [-0.2, -0.15) is 0 Å². The fourth-order valence-electron chi connectivity index (χ4n) is 2.20. The zero-order chi connectivity index (χ0) is 15.4. The van der Waals surface area contributed by atoms with Gasteiger partial charge in [-0.3, -0.25) is 0 Å². The fourth-order valence-corrected chi connectivity index (χ4v) is 3.78. The Morgan fingerprint density at radius 3 is 2.62 bits per heavy atom. The number of thiophene rings is 1. The molecule has 114 valence electrons. The second kappa shape index (κ2) is 7.45. The Bertz CT molecular complexity index is 618. The van der Waals surface area contributed by atoms with E-state index in [1.54, 1.807) is 6.07 Å². The number of ether oxygens (including phenoxy) is 1. The first-order valence-electron chi connectivity index (χ1n) is 6.55. The van der Waals surface area contributed by atoms with Gasteiger partial charge in [0.1, 0.15) is 0 Å². The minimum absolute atomic E-state index is 0.000884. The van der Waals surface area contributed by atoms with Crippen LogP contribution in [0.4, 0.5) is 4.39 Å². The summed E-state index contributed by atoms with van der Waals surface area (Å²) in [7, 11) is 1.45. The van der Waals surface area contributed by atoms with Crippen LogP contribution in [0, 0.1) is 5.82 Å². The molecule has 0 saturated heterocycles. The minimum atomic E-state index is -0.361. The van der Waals surface area contributed by atoms with Crippen LogP contribution in [0.2, 0.25) is 8.67 Å². The van der Waals surface area contributed by atoms with Crippen LogP contribution in [0.3, 0.4) is 0 Å². The number of halogens is 3. The summed E-state index contributed by atoms with van der Waals surface area (Å²) in [6.45, 7) is 2.80. The lowest BCUT2D eigenvalue weighted by molar-refractivity contribution is 0.386. The highest BCUT2D eigenvalue weighted by Gasteiger charge is 2.18. The van der Waals surface area contributed by atoms with E-state index in [2.05, 4.69) is 5.32 Å². The Labute approximate surface area is 137 Å². The molecule has 2 aromatic rings. The molecule has 1 aromatic carbocycles. The number of likely N-dealkylation sites (N-methyl/N-ethyl adjacent to an activating group) is 1. The van der Waals surface area contributed by atoms with Crippen molar-refractivity contribution in [2.45, 2.75) is 19.4 Å². The summed E-state index contributed by atoms with van der Waals surface area (Å²) in [5.41, 5.74) is 1.82. The topological polar surface area (TPSA) is 21.3 Å². The smallest absolute Gasteiger partial charge is 0.165 e. The SMILES string of the molecule is CCNC(Cc1ccc(OC)c(F)c1)c1cc(Cl)sc1Cl. The van der Waals surface area contributed by atoms with Crippen LogP contribution in [0.1, 0.15) is 24.1 Å². The fraction of sp³-hybridized carbons (Fsp3) is 0.333. The number of nitrogens with one attached hydrogen (secondary N) is 1. The Kier molecular flexibility index (Phi) is 5.88. The maximum absolute atomic E-state index is 13.8. The van der Waals surface area contributed by atoms with E-state index in [1.807, 2.05) is 19.1 Å². The largest absolute Gasteiger partial charge is 0.494 e. The van der Waals surface area contributed by atoms with Gasteiger partial charge in [0.15, 0.2) is 11.6 Å². The van der Waals surface area contributed by atoms with Crippen molar-refractivity contribution in [3.63, 3.8) is 0 Å². The van der Waals surface area contributed by atoms with E-state index in [9.17, 15) is 4.39 Å². The van der Waals surface area contributed by atoms with Crippen molar-refractivity contribution in [1.29, 1.82) is 0 Å². The summed E-state index contributed by atoms with van der Waals surface area (Å²) in [5.74, 6) is -0.116. The maximum atomic E-state index is 13.8. The van der Waals surface area contributed by atoms with Crippen LogP contribution in [-0.4, -0.2) is 13.7 Å². The molecule has 2 rings (SSSR count). The molecule has 1 N–H and O–H groups in total. The average Bonchev–Trinajstić information content (AvgIpc) is 2.77. The van der Waals surface area contributed by atoms with Gasteiger partial charge < -0.3 is 10.1 Å². The molecule has 0 amide bonds. The zero-order valence-electron chi connectivity index (χ0n) is 11.8. The monoisotopic (exact) mass is 347 g/mol. The van der Waals surface area contributed by atoms with Gasteiger partial charge in [0.2, 0.25) is 0 Å². The molecule has 2 nitrogen and oxygen atoms in total. The number of benzene rings is 1. The quantitative estimate of drug-likeness (QED) is 0.785. The molecular formula is C15H16Cl2FNOS. The normalized spacial score (nSPS) is 12.4. The molecule has 0 aliphatic rings. The summed E-state index contributed by atoms with van der Waals surface area (Å²) in [6.07, 6.45) is 0.627. The predicted molar refractivity (Wildman–Crippen MR) is 87.4 cm³/mol. The first-order valence-corrected chi connectivity index (χ1v) is 8.13. The maximum Gasteiger partial charge on any atom is 0.165 e. The second-order valence-corrected chi connectivity index (χ2v) is 6.85. The third kappa shape index (κ3) is 4.10. The summed E-state index contributed by atoms with van der Waals surface area (Å²) < 4.78 is 20.0. The summed E-state index contributed by atoms with van der Waals surface area (Å²) >= 11 is 13.6. The summed E-state index contributed by atoms with van der Waals surface area (Å²) in [4.78, 5) is 0. The predicted octanol–water partition coefficient (Wildman–Crippen LogP) is 5.10. The molecule has 1 heterocycles. The molecule has 0 fully saturated rings. The van der Waals surface area contributed by atoms with Crippen LogP contribution in [0.5, 0.6) is 5.75 Å². The Morgan fingerprint density at radius 1 is 1.33 bits per heavy atom. The molecular weight excluding hydrogens is 332 g/mol. The average molecular weight is 348 g/mol. The van der Waals surface area contributed by atoms with E-state index in [4.69, 9.17) is 27.9 Å². The van der Waals surface area contributed by atoms with Crippen molar-refractivity contribution in [3.05, 3.63) is 49.9 Å². The van der Waals surface area contributed by atoms with Crippen LogP contribution in [0.15, 0.2) is 24.3 Å². The van der Waals surface area contributed by atoms with Crippen LogP contribution < -0.4 is 10.1 Å². The molecule has 0 aliphatic heterocycles. The standard InChI is InChI=1S/C15H16Cl2FNOS/c1-3-19-12(10-8-14(16)21-15(10)17)7-9-4-5-13(20-2)11(18)6-9/h4-6,8,12,19H,3,7H2,1-2H3. The highest BCUT2D eigenvalue weighted by atomic mass is 35.5. The van der Waals surface area contributed by atoms with Crippen LogP contribution >= 0.6 is 34.5 Å². The first kappa shape index (κ1) is 16.6. The molecule has 0 radical (unpaired) electrons. The van der Waals surface area contributed by atoms with Gasteiger partial charge in [0.05, 0.1) is 15.8 Å². The Hall–Kier alpha value is -0.810. The van der Waals surface area contributed by atoms with Crippen molar-refractivity contribution < 1.29 is 9.13 Å². The molecule has 21 heavy (non-hydrogen) atoms. The van der Waals surface area contributed by atoms with Crippen LogP contribution in [0.25, 0.3) is 0 Å². The molecule has 1 unspecified atom stereocenters. The van der Waals surface area contributed by atoms with Gasteiger partial charge in [-0.1, -0.05) is 36.2 Å². The first-order chi connectivity index (χ1) is 10.0. The Balaban J connectivity index is 2.24. The van der Waals surface area contributed by atoms with E-state index in [0.29, 0.717) is 15.1 Å². The van der Waals surface area contributed by atoms with Crippen molar-refractivity contribution >= 4 is 34.5 Å². The summed E-state index contributed by atoms with van der Waals surface area (Å²) in [6, 6.07) is 6.84. The van der Waals surface area contributed by atoms with E-state index in [-0.39, 0.29) is 17.6 Å². The molecule has 0 aliphatic carbocycles. The van der Waals surface area contributed by atoms with Gasteiger partial charge in [-0.15, -0.1) is 11.3 Å². The molecule has 0 bridgehead atoms. The van der Waals surface area contributed by atoms with E-state index < -0.39 is 0 Å². The molecule has 0 saturated carbocycles. The van der Waals surface area contributed by atoms with Crippen molar-refractivity contribution in [3.8, 4) is 5.75 Å². The zero-order valence-corrected chi connectivity index (χ0v) is 14.1. The summed E-state index contributed by atoms with van der Waals surface area (Å²) in [5, 5.41) is 3.36. The second-order valence-electron chi connectivity index (χ2n) is 4.56. The number of rotatable bonds is 6. The van der Waals surface area contributed by atoms with Crippen molar-refractivity contribution in [2.75, 3.05) is 13.7 Å². The van der Waals surface area contributed by atoms with Gasteiger partial charge >= 0.3 is 0 Å². The molecule has 1 atom stereocenters. The third-order valence-corrected chi connectivity index (χ3v) is 4.68. The Morgan fingerprint density at radius 2 is 2.10 bits per heavy atom. The third-order valence-electron chi connectivity index (χ3n) is 3.17. The lowest BCUT2D eigenvalue weighted by Gasteiger charge is -2.18. The number of hydrogen-bond acceptors (Lipinski definition) is 3.